The van der Waals surface area contributed by atoms with Crippen molar-refractivity contribution in [1.29, 1.82) is 0 Å². The number of nitrogens with zero attached hydrogens (tertiary/aromatic N) is 3. The molecule has 0 saturated heterocycles. The Morgan fingerprint density at radius 2 is 2.24 bits per heavy atom. The van der Waals surface area contributed by atoms with Crippen molar-refractivity contribution in [3.63, 3.8) is 0 Å². The molecule has 0 unspecified atom stereocenters. The number of thioether (sulfide) groups is 1. The fraction of sp³-hybridized carbons (Fsp3) is 0.176. The molecular weight excluding hydrogens is 356 g/mol. The predicted octanol–water partition coefficient (Wildman–Crippen LogP) is 4.24. The van der Waals surface area contributed by atoms with E-state index in [0.29, 0.717) is 23.1 Å². The zero-order valence-electron chi connectivity index (χ0n) is 13.7. The molecule has 0 atom stereocenters. The Morgan fingerprint density at radius 1 is 1.36 bits per heavy atom. The Hall–Kier alpha value is -2.45. The van der Waals surface area contributed by atoms with E-state index in [1.807, 2.05) is 35.9 Å². The summed E-state index contributed by atoms with van der Waals surface area (Å²) >= 11 is 2.95. The summed E-state index contributed by atoms with van der Waals surface area (Å²) < 4.78 is 5.09. The Bertz CT molecular complexity index is 869. The summed E-state index contributed by atoms with van der Waals surface area (Å²) in [7, 11) is 0. The summed E-state index contributed by atoms with van der Waals surface area (Å²) in [5, 5.41) is 5.76. The Morgan fingerprint density at radius 3 is 2.96 bits per heavy atom. The highest BCUT2D eigenvalue weighted by molar-refractivity contribution is 7.98. The van der Waals surface area contributed by atoms with E-state index in [4.69, 9.17) is 4.74 Å². The molecule has 0 amide bonds. The Balaban J connectivity index is 1.94. The number of rotatable bonds is 6. The molecule has 0 aliphatic heterocycles. The lowest BCUT2D eigenvalue weighted by molar-refractivity contribution is 0.0526. The third-order valence-electron chi connectivity index (χ3n) is 3.30. The van der Waals surface area contributed by atoms with Crippen molar-refractivity contribution in [1.82, 2.24) is 15.0 Å². The van der Waals surface area contributed by atoms with Crippen LogP contribution in [0.15, 0.2) is 46.5 Å². The average molecular weight is 372 g/mol. The van der Waals surface area contributed by atoms with Crippen LogP contribution in [0.25, 0.3) is 11.3 Å². The van der Waals surface area contributed by atoms with Gasteiger partial charge in [0.15, 0.2) is 5.16 Å². The third kappa shape index (κ3) is 4.15. The van der Waals surface area contributed by atoms with Gasteiger partial charge in [0.1, 0.15) is 11.4 Å². The van der Waals surface area contributed by atoms with E-state index >= 15 is 0 Å². The molecule has 2 aromatic heterocycles. The molecule has 0 spiro atoms. The number of ether oxygens (including phenoxy) is 1. The number of hydrogen-bond acceptors (Lipinski definition) is 8. The zero-order valence-corrected chi connectivity index (χ0v) is 15.4. The molecule has 25 heavy (non-hydrogen) atoms. The standard InChI is InChI=1S/C17H16N4O2S2/c1-3-23-16(22)13-8-18-17(24-2)21-15(13)20-12-6-4-5-11(7-12)14-9-25-10-19-14/h4-10H,3H2,1-2H3,(H,18,20,21). The number of benzene rings is 1. The van der Waals surface area contributed by atoms with Gasteiger partial charge >= 0.3 is 5.97 Å². The van der Waals surface area contributed by atoms with Gasteiger partial charge < -0.3 is 10.1 Å². The molecule has 0 fully saturated rings. The van der Waals surface area contributed by atoms with Crippen LogP contribution < -0.4 is 5.32 Å². The minimum Gasteiger partial charge on any atom is -0.462 e. The monoisotopic (exact) mass is 372 g/mol. The van der Waals surface area contributed by atoms with Crippen molar-refractivity contribution in [2.24, 2.45) is 0 Å². The van der Waals surface area contributed by atoms with Crippen LogP contribution in [0.1, 0.15) is 17.3 Å². The van der Waals surface area contributed by atoms with Crippen LogP contribution in [0.4, 0.5) is 11.5 Å². The van der Waals surface area contributed by atoms with Gasteiger partial charge in [0.05, 0.1) is 17.8 Å². The van der Waals surface area contributed by atoms with Crippen LogP contribution in [0.2, 0.25) is 0 Å². The molecule has 0 bridgehead atoms. The molecule has 1 aromatic carbocycles. The number of hydrogen-bond donors (Lipinski definition) is 1. The van der Waals surface area contributed by atoms with E-state index < -0.39 is 5.97 Å². The predicted molar refractivity (Wildman–Crippen MR) is 101 cm³/mol. The molecular formula is C17H16N4O2S2. The summed E-state index contributed by atoms with van der Waals surface area (Å²) in [6.45, 7) is 2.06. The summed E-state index contributed by atoms with van der Waals surface area (Å²) in [6.07, 6.45) is 3.37. The topological polar surface area (TPSA) is 77.0 Å². The number of nitrogens with one attached hydrogen (secondary N) is 1. The highest BCUT2D eigenvalue weighted by atomic mass is 32.2. The van der Waals surface area contributed by atoms with Crippen molar-refractivity contribution in [3.8, 4) is 11.3 Å². The van der Waals surface area contributed by atoms with Gasteiger partial charge in [0.2, 0.25) is 0 Å². The zero-order chi connectivity index (χ0) is 17.6. The lowest BCUT2D eigenvalue weighted by Gasteiger charge is -2.11. The van der Waals surface area contributed by atoms with Crippen LogP contribution in [0, 0.1) is 0 Å². The van der Waals surface area contributed by atoms with E-state index in [9.17, 15) is 4.79 Å². The minimum absolute atomic E-state index is 0.294. The van der Waals surface area contributed by atoms with Crippen molar-refractivity contribution in [2.75, 3.05) is 18.2 Å². The van der Waals surface area contributed by atoms with Crippen LogP contribution in [0.3, 0.4) is 0 Å². The fourth-order valence-electron chi connectivity index (χ4n) is 2.17. The maximum atomic E-state index is 12.2. The number of carbonyl (C=O) groups excluding carboxylic acids is 1. The maximum absolute atomic E-state index is 12.2. The number of carbonyl (C=O) groups is 1. The number of thiazole rings is 1. The second-order valence-corrected chi connectivity index (χ2v) is 6.41. The van der Waals surface area contributed by atoms with E-state index in [0.717, 1.165) is 16.9 Å². The first kappa shape index (κ1) is 17.4. The van der Waals surface area contributed by atoms with Gasteiger partial charge in [-0.2, -0.15) is 0 Å². The molecule has 1 N–H and O–H groups in total. The van der Waals surface area contributed by atoms with Gasteiger partial charge in [-0.15, -0.1) is 11.3 Å². The molecule has 8 heteroatoms. The van der Waals surface area contributed by atoms with E-state index in [1.54, 1.807) is 23.8 Å². The van der Waals surface area contributed by atoms with Gasteiger partial charge in [-0.1, -0.05) is 23.9 Å². The van der Waals surface area contributed by atoms with Gasteiger partial charge in [-0.3, -0.25) is 0 Å². The first-order chi connectivity index (χ1) is 12.2. The van der Waals surface area contributed by atoms with E-state index in [2.05, 4.69) is 20.3 Å². The molecule has 3 rings (SSSR count). The minimum atomic E-state index is -0.451. The summed E-state index contributed by atoms with van der Waals surface area (Å²) in [6, 6.07) is 7.79. The van der Waals surface area contributed by atoms with Crippen LogP contribution in [0.5, 0.6) is 0 Å². The largest absolute Gasteiger partial charge is 0.462 e. The molecule has 6 nitrogen and oxygen atoms in total. The van der Waals surface area contributed by atoms with Crippen LogP contribution >= 0.6 is 23.1 Å². The molecule has 2 heterocycles. The lowest BCUT2D eigenvalue weighted by atomic mass is 10.1. The van der Waals surface area contributed by atoms with Crippen molar-refractivity contribution in [2.45, 2.75) is 12.1 Å². The number of esters is 1. The first-order valence-corrected chi connectivity index (χ1v) is 9.71. The van der Waals surface area contributed by atoms with Gasteiger partial charge in [-0.05, 0) is 25.3 Å². The van der Waals surface area contributed by atoms with Crippen LogP contribution in [-0.4, -0.2) is 33.8 Å². The van der Waals surface area contributed by atoms with Gasteiger partial charge in [0, 0.05) is 22.8 Å². The van der Waals surface area contributed by atoms with Crippen molar-refractivity contribution in [3.05, 3.63) is 46.9 Å². The molecule has 0 radical (unpaired) electrons. The van der Waals surface area contributed by atoms with Crippen molar-refractivity contribution >= 4 is 40.6 Å². The maximum Gasteiger partial charge on any atom is 0.343 e. The van der Waals surface area contributed by atoms with E-state index in [-0.39, 0.29) is 0 Å². The molecule has 0 aliphatic rings. The molecule has 0 saturated carbocycles. The molecule has 3 aromatic rings. The lowest BCUT2D eigenvalue weighted by Crippen LogP contribution is -2.10. The average Bonchev–Trinajstić information content (AvgIpc) is 3.17. The SMILES string of the molecule is CCOC(=O)c1cnc(SC)nc1Nc1cccc(-c2cscn2)c1. The highest BCUT2D eigenvalue weighted by Gasteiger charge is 2.16. The second kappa shape index (κ2) is 8.09. The van der Waals surface area contributed by atoms with Gasteiger partial charge in [-0.25, -0.2) is 19.7 Å². The highest BCUT2D eigenvalue weighted by Crippen LogP contribution is 2.26. The summed E-state index contributed by atoms with van der Waals surface area (Å²) in [4.78, 5) is 25.0. The van der Waals surface area contributed by atoms with Crippen LogP contribution in [-0.2, 0) is 4.74 Å². The van der Waals surface area contributed by atoms with E-state index in [1.165, 1.54) is 18.0 Å². The molecule has 128 valence electrons. The summed E-state index contributed by atoms with van der Waals surface area (Å²) in [5.41, 5.74) is 4.80. The van der Waals surface area contributed by atoms with Gasteiger partial charge in [0.25, 0.3) is 0 Å². The third-order valence-corrected chi connectivity index (χ3v) is 4.45. The van der Waals surface area contributed by atoms with Crippen molar-refractivity contribution < 1.29 is 9.53 Å². The fourth-order valence-corrected chi connectivity index (χ4v) is 3.07. The normalized spacial score (nSPS) is 10.5. The Labute approximate surface area is 153 Å². The summed E-state index contributed by atoms with van der Waals surface area (Å²) in [5.74, 6) is -0.0264. The molecule has 0 aliphatic carbocycles. The first-order valence-electron chi connectivity index (χ1n) is 7.55. The smallest absolute Gasteiger partial charge is 0.343 e. The Kier molecular flexibility index (Phi) is 5.62. The number of aromatic nitrogens is 3. The quantitative estimate of drug-likeness (QED) is 0.394. The second-order valence-electron chi connectivity index (χ2n) is 4.92. The number of anilines is 2.